The molecule has 0 fully saturated rings. The number of nitrogens with two attached hydrogens (primary N) is 1. The number of anilines is 1. The van der Waals surface area contributed by atoms with Crippen LogP contribution in [0.5, 0.6) is 0 Å². The summed E-state index contributed by atoms with van der Waals surface area (Å²) in [5, 5.41) is 2.80. The molecular formula is C14H20ClN3O2. The van der Waals surface area contributed by atoms with Gasteiger partial charge < -0.3 is 15.5 Å². The van der Waals surface area contributed by atoms with E-state index in [-0.39, 0.29) is 24.2 Å². The maximum Gasteiger partial charge on any atom is 0.241 e. The summed E-state index contributed by atoms with van der Waals surface area (Å²) in [7, 11) is 0. The minimum Gasteiger partial charge on any atom is -0.441 e. The number of carbonyl (C=O) groups is 1. The van der Waals surface area contributed by atoms with Crippen LogP contribution in [0.1, 0.15) is 26.7 Å². The lowest BCUT2D eigenvalue weighted by atomic mass is 10.0. The first-order valence-corrected chi connectivity index (χ1v) is 6.47. The predicted octanol–water partition coefficient (Wildman–Crippen LogP) is 2.73. The maximum absolute atomic E-state index is 11.9. The molecule has 110 valence electrons. The molecular weight excluding hydrogens is 278 g/mol. The van der Waals surface area contributed by atoms with Gasteiger partial charge in [-0.15, -0.1) is 12.4 Å². The van der Waals surface area contributed by atoms with Crippen LogP contribution in [0.15, 0.2) is 22.6 Å². The van der Waals surface area contributed by atoms with Crippen molar-refractivity contribution < 1.29 is 9.21 Å². The smallest absolute Gasteiger partial charge is 0.241 e. The van der Waals surface area contributed by atoms with Crippen molar-refractivity contribution in [2.24, 2.45) is 11.7 Å². The number of hydrogen-bond acceptors (Lipinski definition) is 4. The van der Waals surface area contributed by atoms with Crippen LogP contribution in [0.3, 0.4) is 0 Å². The van der Waals surface area contributed by atoms with Gasteiger partial charge in [-0.2, -0.15) is 0 Å². The number of benzene rings is 1. The van der Waals surface area contributed by atoms with E-state index in [2.05, 4.69) is 10.3 Å². The Morgan fingerprint density at radius 1 is 1.45 bits per heavy atom. The van der Waals surface area contributed by atoms with Gasteiger partial charge in [0.2, 0.25) is 5.91 Å². The van der Waals surface area contributed by atoms with E-state index < -0.39 is 6.04 Å². The average Bonchev–Trinajstić information content (AvgIpc) is 2.79. The van der Waals surface area contributed by atoms with Crippen LogP contribution in [0.25, 0.3) is 11.1 Å². The molecule has 0 saturated carbocycles. The van der Waals surface area contributed by atoms with Gasteiger partial charge in [-0.05, 0) is 24.1 Å². The number of carbonyl (C=O) groups excluding carboxylic acids is 1. The number of rotatable bonds is 4. The summed E-state index contributed by atoms with van der Waals surface area (Å²) in [6.07, 6.45) is 0.745. The molecule has 0 radical (unpaired) electrons. The fourth-order valence-corrected chi connectivity index (χ4v) is 1.73. The molecule has 5 nitrogen and oxygen atoms in total. The van der Waals surface area contributed by atoms with Crippen molar-refractivity contribution in [3.8, 4) is 0 Å². The molecule has 20 heavy (non-hydrogen) atoms. The highest BCUT2D eigenvalue weighted by molar-refractivity contribution is 5.96. The molecule has 1 aromatic carbocycles. The molecule has 1 aromatic heterocycles. The van der Waals surface area contributed by atoms with Crippen LogP contribution >= 0.6 is 12.4 Å². The van der Waals surface area contributed by atoms with Gasteiger partial charge in [0.25, 0.3) is 0 Å². The van der Waals surface area contributed by atoms with E-state index in [1.165, 1.54) is 0 Å². The van der Waals surface area contributed by atoms with E-state index in [0.29, 0.717) is 11.6 Å². The highest BCUT2D eigenvalue weighted by Gasteiger charge is 2.17. The van der Waals surface area contributed by atoms with E-state index in [1.807, 2.05) is 20.8 Å². The molecule has 1 atom stereocenters. The second kappa shape index (κ2) is 6.72. The Hall–Kier alpha value is -1.59. The van der Waals surface area contributed by atoms with Gasteiger partial charge in [-0.3, -0.25) is 4.79 Å². The quantitative estimate of drug-likeness (QED) is 0.909. The second-order valence-electron chi connectivity index (χ2n) is 4.90. The first-order valence-electron chi connectivity index (χ1n) is 6.47. The number of hydrogen-bond donors (Lipinski definition) is 2. The Balaban J connectivity index is 0.00000200. The lowest BCUT2D eigenvalue weighted by molar-refractivity contribution is -0.118. The van der Waals surface area contributed by atoms with Gasteiger partial charge in [0.1, 0.15) is 5.52 Å². The van der Waals surface area contributed by atoms with Gasteiger partial charge in [-0.1, -0.05) is 20.8 Å². The fourth-order valence-electron chi connectivity index (χ4n) is 1.73. The molecule has 3 N–H and O–H groups in total. The summed E-state index contributed by atoms with van der Waals surface area (Å²) in [5.74, 6) is 0.605. The number of nitrogens with zero attached hydrogens (tertiary/aromatic N) is 1. The molecule has 0 saturated heterocycles. The minimum atomic E-state index is -0.515. The monoisotopic (exact) mass is 297 g/mol. The number of amides is 1. The molecule has 0 aliphatic heterocycles. The summed E-state index contributed by atoms with van der Waals surface area (Å²) in [6.45, 7) is 5.81. The standard InChI is InChI=1S/C14H19N3O2.ClH/c1-4-12-17-10-7-9(5-6-11(10)19-12)16-14(18)13(15)8(2)3;/h5-8,13H,4,15H2,1-3H3,(H,16,18);1H. The number of halogens is 1. The largest absolute Gasteiger partial charge is 0.441 e. The van der Waals surface area contributed by atoms with Crippen LogP contribution < -0.4 is 11.1 Å². The van der Waals surface area contributed by atoms with E-state index >= 15 is 0 Å². The average molecular weight is 298 g/mol. The fraction of sp³-hybridized carbons (Fsp3) is 0.429. The Morgan fingerprint density at radius 3 is 2.75 bits per heavy atom. The SMILES string of the molecule is CCc1nc2cc(NC(=O)C(N)C(C)C)ccc2o1.Cl. The van der Waals surface area contributed by atoms with Crippen molar-refractivity contribution in [1.29, 1.82) is 0 Å². The van der Waals surface area contributed by atoms with Crippen molar-refractivity contribution >= 4 is 35.1 Å². The summed E-state index contributed by atoms with van der Waals surface area (Å²) in [6, 6.07) is 4.87. The summed E-state index contributed by atoms with van der Waals surface area (Å²) >= 11 is 0. The molecule has 0 aliphatic rings. The number of aromatic nitrogens is 1. The van der Waals surface area contributed by atoms with Crippen molar-refractivity contribution in [3.05, 3.63) is 24.1 Å². The van der Waals surface area contributed by atoms with Crippen molar-refractivity contribution in [3.63, 3.8) is 0 Å². The van der Waals surface area contributed by atoms with E-state index in [9.17, 15) is 4.79 Å². The summed E-state index contributed by atoms with van der Waals surface area (Å²) < 4.78 is 5.51. The first kappa shape index (κ1) is 16.5. The zero-order chi connectivity index (χ0) is 14.0. The van der Waals surface area contributed by atoms with Crippen LogP contribution in [0, 0.1) is 5.92 Å². The Bertz CT molecular complexity index is 595. The molecule has 1 unspecified atom stereocenters. The molecule has 6 heteroatoms. The number of oxazole rings is 1. The third-order valence-electron chi connectivity index (χ3n) is 3.02. The van der Waals surface area contributed by atoms with Gasteiger partial charge >= 0.3 is 0 Å². The Morgan fingerprint density at radius 2 is 2.15 bits per heavy atom. The molecule has 2 aromatic rings. The summed E-state index contributed by atoms with van der Waals surface area (Å²) in [4.78, 5) is 16.2. The first-order chi connectivity index (χ1) is 9.01. The van der Waals surface area contributed by atoms with E-state index in [4.69, 9.17) is 10.2 Å². The third-order valence-corrected chi connectivity index (χ3v) is 3.02. The predicted molar refractivity (Wildman–Crippen MR) is 82.1 cm³/mol. The zero-order valence-electron chi connectivity index (χ0n) is 11.8. The van der Waals surface area contributed by atoms with Gasteiger partial charge in [0.05, 0.1) is 6.04 Å². The molecule has 2 rings (SSSR count). The summed E-state index contributed by atoms with van der Waals surface area (Å²) in [5.41, 5.74) is 7.95. The number of fused-ring (bicyclic) bond motifs is 1. The van der Waals surface area contributed by atoms with Crippen LogP contribution in [-0.4, -0.2) is 16.9 Å². The topological polar surface area (TPSA) is 81.2 Å². The molecule has 0 spiro atoms. The van der Waals surface area contributed by atoms with Crippen LogP contribution in [0.4, 0.5) is 5.69 Å². The van der Waals surface area contributed by atoms with Crippen LogP contribution in [0.2, 0.25) is 0 Å². The van der Waals surface area contributed by atoms with Gasteiger partial charge in [-0.25, -0.2) is 4.98 Å². The highest BCUT2D eigenvalue weighted by Crippen LogP contribution is 2.20. The molecule has 1 amide bonds. The molecule has 0 aliphatic carbocycles. The zero-order valence-corrected chi connectivity index (χ0v) is 12.7. The van der Waals surface area contributed by atoms with E-state index in [1.54, 1.807) is 18.2 Å². The van der Waals surface area contributed by atoms with Crippen molar-refractivity contribution in [1.82, 2.24) is 4.98 Å². The minimum absolute atomic E-state index is 0. The second-order valence-corrected chi connectivity index (χ2v) is 4.90. The van der Waals surface area contributed by atoms with Crippen molar-refractivity contribution in [2.75, 3.05) is 5.32 Å². The highest BCUT2D eigenvalue weighted by atomic mass is 35.5. The Labute approximate surface area is 124 Å². The molecule has 1 heterocycles. The van der Waals surface area contributed by atoms with Crippen molar-refractivity contribution in [2.45, 2.75) is 33.2 Å². The molecule has 0 bridgehead atoms. The van der Waals surface area contributed by atoms with Gasteiger partial charge in [0, 0.05) is 12.1 Å². The lowest BCUT2D eigenvalue weighted by Gasteiger charge is -2.15. The van der Waals surface area contributed by atoms with Gasteiger partial charge in [0.15, 0.2) is 11.5 Å². The normalized spacial score (nSPS) is 12.2. The number of aryl methyl sites for hydroxylation is 1. The van der Waals surface area contributed by atoms with E-state index in [0.717, 1.165) is 17.5 Å². The lowest BCUT2D eigenvalue weighted by Crippen LogP contribution is -2.39. The maximum atomic E-state index is 11.9. The number of nitrogens with one attached hydrogen (secondary N) is 1. The van der Waals surface area contributed by atoms with Crippen LogP contribution in [-0.2, 0) is 11.2 Å². The Kier molecular flexibility index (Phi) is 5.53. The third kappa shape index (κ3) is 3.49.